The van der Waals surface area contributed by atoms with Gasteiger partial charge in [-0.05, 0) is 37.1 Å². The number of benzene rings is 2. The fourth-order valence-corrected chi connectivity index (χ4v) is 2.36. The van der Waals surface area contributed by atoms with E-state index < -0.39 is 6.03 Å². The number of hydrogen-bond donors (Lipinski definition) is 2. The Morgan fingerprint density at radius 2 is 1.83 bits per heavy atom. The molecular weight excluding hydrogens is 304 g/mol. The van der Waals surface area contributed by atoms with E-state index >= 15 is 0 Å². The minimum absolute atomic E-state index is 0.0724. The Morgan fingerprint density at radius 3 is 2.58 bits per heavy atom. The van der Waals surface area contributed by atoms with E-state index in [9.17, 15) is 4.79 Å². The molecule has 6 heteroatoms. The third kappa shape index (κ3) is 3.98. The van der Waals surface area contributed by atoms with Gasteiger partial charge in [0.05, 0.1) is 6.42 Å². The first-order valence-corrected chi connectivity index (χ1v) is 7.62. The minimum atomic E-state index is -0.428. The molecule has 122 valence electrons. The summed E-state index contributed by atoms with van der Waals surface area (Å²) < 4.78 is 5.49. The smallest absolute Gasteiger partial charge is 0.327 e. The molecule has 0 saturated carbocycles. The number of nitrogens with one attached hydrogen (secondary N) is 2. The third-order valence-electron chi connectivity index (χ3n) is 3.56. The molecule has 0 spiro atoms. The van der Waals surface area contributed by atoms with E-state index in [4.69, 9.17) is 4.42 Å². The van der Waals surface area contributed by atoms with Gasteiger partial charge in [0.15, 0.2) is 0 Å². The van der Waals surface area contributed by atoms with E-state index in [1.165, 1.54) is 11.1 Å². The van der Waals surface area contributed by atoms with E-state index in [-0.39, 0.29) is 6.01 Å². The van der Waals surface area contributed by atoms with Gasteiger partial charge in [0.1, 0.15) is 0 Å². The summed E-state index contributed by atoms with van der Waals surface area (Å²) in [6.45, 7) is 4.10. The molecule has 0 bridgehead atoms. The molecule has 0 aliphatic carbocycles. The maximum atomic E-state index is 11.9. The van der Waals surface area contributed by atoms with E-state index in [0.717, 1.165) is 5.56 Å². The lowest BCUT2D eigenvalue weighted by atomic mass is 10.0. The Balaban J connectivity index is 1.62. The molecule has 0 radical (unpaired) electrons. The molecule has 0 aliphatic heterocycles. The molecule has 3 rings (SSSR count). The molecule has 0 aliphatic rings. The molecule has 2 N–H and O–H groups in total. The van der Waals surface area contributed by atoms with Crippen LogP contribution in [-0.4, -0.2) is 16.2 Å². The maximum Gasteiger partial charge on any atom is 0.327 e. The number of anilines is 2. The zero-order valence-electron chi connectivity index (χ0n) is 13.5. The van der Waals surface area contributed by atoms with Crippen LogP contribution in [0.3, 0.4) is 0 Å². The van der Waals surface area contributed by atoms with Gasteiger partial charge in [-0.25, -0.2) is 4.79 Å². The average Bonchev–Trinajstić information content (AvgIpc) is 2.98. The number of hydrogen-bond acceptors (Lipinski definition) is 4. The second-order valence-electron chi connectivity index (χ2n) is 5.55. The van der Waals surface area contributed by atoms with Crippen LogP contribution >= 0.6 is 0 Å². The van der Waals surface area contributed by atoms with Crippen LogP contribution < -0.4 is 10.6 Å². The molecule has 0 saturated heterocycles. The van der Waals surface area contributed by atoms with E-state index in [1.54, 1.807) is 12.1 Å². The lowest BCUT2D eigenvalue weighted by molar-refractivity contribution is 0.261. The Bertz CT molecular complexity index is 843. The summed E-state index contributed by atoms with van der Waals surface area (Å²) in [6, 6.07) is 15.0. The van der Waals surface area contributed by atoms with Crippen molar-refractivity contribution in [3.8, 4) is 0 Å². The minimum Gasteiger partial charge on any atom is -0.407 e. The number of urea groups is 1. The Labute approximate surface area is 139 Å². The SMILES string of the molecule is Cc1ccc(Cc2nnc(NC(=O)Nc3ccccc3)o2)c(C)c1. The number of para-hydroxylation sites is 1. The van der Waals surface area contributed by atoms with Crippen molar-refractivity contribution in [2.75, 3.05) is 10.6 Å². The number of aromatic nitrogens is 2. The van der Waals surface area contributed by atoms with Gasteiger partial charge in [-0.3, -0.25) is 5.32 Å². The molecule has 24 heavy (non-hydrogen) atoms. The second kappa shape index (κ2) is 6.95. The van der Waals surface area contributed by atoms with Crippen LogP contribution in [0.2, 0.25) is 0 Å². The topological polar surface area (TPSA) is 80.0 Å². The molecule has 0 atom stereocenters. The van der Waals surface area contributed by atoms with Crippen molar-refractivity contribution in [2.24, 2.45) is 0 Å². The van der Waals surface area contributed by atoms with Gasteiger partial charge in [0.2, 0.25) is 5.89 Å². The summed E-state index contributed by atoms with van der Waals surface area (Å²) in [5.41, 5.74) is 4.18. The monoisotopic (exact) mass is 322 g/mol. The molecule has 6 nitrogen and oxygen atoms in total. The van der Waals surface area contributed by atoms with Gasteiger partial charge in [-0.15, -0.1) is 5.10 Å². The lowest BCUT2D eigenvalue weighted by Gasteiger charge is -2.04. The van der Waals surface area contributed by atoms with Gasteiger partial charge < -0.3 is 9.73 Å². The van der Waals surface area contributed by atoms with Crippen LogP contribution in [0.25, 0.3) is 0 Å². The second-order valence-corrected chi connectivity index (χ2v) is 5.55. The maximum absolute atomic E-state index is 11.9. The summed E-state index contributed by atoms with van der Waals surface area (Å²) in [7, 11) is 0. The fourth-order valence-electron chi connectivity index (χ4n) is 2.36. The zero-order valence-corrected chi connectivity index (χ0v) is 13.5. The highest BCUT2D eigenvalue weighted by atomic mass is 16.4. The number of carbonyl (C=O) groups is 1. The molecule has 2 amide bonds. The summed E-state index contributed by atoms with van der Waals surface area (Å²) in [5, 5.41) is 13.0. The molecule has 0 unspecified atom stereocenters. The molecule has 1 aromatic heterocycles. The van der Waals surface area contributed by atoms with Crippen LogP contribution in [0.15, 0.2) is 52.9 Å². The van der Waals surface area contributed by atoms with Crippen molar-refractivity contribution in [3.63, 3.8) is 0 Å². The molecular formula is C18H18N4O2. The number of nitrogens with zero attached hydrogens (tertiary/aromatic N) is 2. The zero-order chi connectivity index (χ0) is 16.9. The van der Waals surface area contributed by atoms with E-state index in [1.807, 2.05) is 37.3 Å². The van der Waals surface area contributed by atoms with E-state index in [0.29, 0.717) is 18.0 Å². The van der Waals surface area contributed by atoms with Crippen LogP contribution in [0.4, 0.5) is 16.5 Å². The van der Waals surface area contributed by atoms with Crippen molar-refractivity contribution in [3.05, 3.63) is 71.1 Å². The summed E-state index contributed by atoms with van der Waals surface area (Å²) in [6.07, 6.45) is 0.529. The van der Waals surface area contributed by atoms with Crippen molar-refractivity contribution < 1.29 is 9.21 Å². The van der Waals surface area contributed by atoms with Crippen LogP contribution in [0.1, 0.15) is 22.6 Å². The Kier molecular flexibility index (Phi) is 4.56. The normalized spacial score (nSPS) is 10.4. The number of amides is 2. The van der Waals surface area contributed by atoms with Crippen molar-refractivity contribution >= 4 is 17.7 Å². The van der Waals surface area contributed by atoms with Gasteiger partial charge >= 0.3 is 12.0 Å². The lowest BCUT2D eigenvalue weighted by Crippen LogP contribution is -2.19. The van der Waals surface area contributed by atoms with Crippen molar-refractivity contribution in [1.82, 2.24) is 10.2 Å². The quantitative estimate of drug-likeness (QED) is 0.763. The molecule has 2 aromatic carbocycles. The first-order chi connectivity index (χ1) is 11.6. The molecule has 3 aromatic rings. The highest BCUT2D eigenvalue weighted by Crippen LogP contribution is 2.16. The largest absolute Gasteiger partial charge is 0.407 e. The first kappa shape index (κ1) is 15.7. The van der Waals surface area contributed by atoms with Gasteiger partial charge in [-0.2, -0.15) is 0 Å². The Hall–Kier alpha value is -3.15. The standard InChI is InChI=1S/C18H18N4O2/c1-12-8-9-14(13(2)10-12)11-16-21-22-18(24-16)20-17(23)19-15-6-4-3-5-7-15/h3-10H,11H2,1-2H3,(H2,19,20,22,23). The predicted octanol–water partition coefficient (Wildman–Crippen LogP) is 3.92. The summed E-state index contributed by atoms with van der Waals surface area (Å²) >= 11 is 0. The summed E-state index contributed by atoms with van der Waals surface area (Å²) in [5.74, 6) is 0.456. The fraction of sp³-hybridized carbons (Fsp3) is 0.167. The number of carbonyl (C=O) groups excluding carboxylic acids is 1. The van der Waals surface area contributed by atoms with Crippen LogP contribution in [0, 0.1) is 13.8 Å². The highest BCUT2D eigenvalue weighted by Gasteiger charge is 2.11. The van der Waals surface area contributed by atoms with Gasteiger partial charge in [0.25, 0.3) is 0 Å². The average molecular weight is 322 g/mol. The first-order valence-electron chi connectivity index (χ1n) is 7.62. The third-order valence-corrected chi connectivity index (χ3v) is 3.56. The van der Waals surface area contributed by atoms with Crippen molar-refractivity contribution in [2.45, 2.75) is 20.3 Å². The molecule has 1 heterocycles. The number of rotatable bonds is 4. The van der Waals surface area contributed by atoms with Gasteiger partial charge in [0, 0.05) is 5.69 Å². The Morgan fingerprint density at radius 1 is 1.04 bits per heavy atom. The highest BCUT2D eigenvalue weighted by molar-refractivity contribution is 5.98. The van der Waals surface area contributed by atoms with Crippen LogP contribution in [0.5, 0.6) is 0 Å². The van der Waals surface area contributed by atoms with E-state index in [2.05, 4.69) is 33.8 Å². The van der Waals surface area contributed by atoms with Crippen molar-refractivity contribution in [1.29, 1.82) is 0 Å². The van der Waals surface area contributed by atoms with Crippen LogP contribution in [-0.2, 0) is 6.42 Å². The van der Waals surface area contributed by atoms with Gasteiger partial charge in [-0.1, -0.05) is 47.1 Å². The summed E-state index contributed by atoms with van der Waals surface area (Å²) in [4.78, 5) is 11.9. The number of aryl methyl sites for hydroxylation is 2. The molecule has 0 fully saturated rings. The predicted molar refractivity (Wildman–Crippen MR) is 92.1 cm³/mol.